The molecule has 0 spiro atoms. The Bertz CT molecular complexity index is 1170. The summed E-state index contributed by atoms with van der Waals surface area (Å²) in [6.07, 6.45) is 5.62. The number of hydrogen-bond acceptors (Lipinski definition) is 5. The zero-order valence-electron chi connectivity index (χ0n) is 17.3. The number of benzene rings is 2. The van der Waals surface area contributed by atoms with Gasteiger partial charge in [0.25, 0.3) is 0 Å². The van der Waals surface area contributed by atoms with Gasteiger partial charge in [0.2, 0.25) is 0 Å². The normalized spacial score (nSPS) is 24.5. The average molecular weight is 402 g/mol. The fourth-order valence-corrected chi connectivity index (χ4v) is 4.29. The molecule has 0 saturated carbocycles. The highest BCUT2D eigenvalue weighted by Crippen LogP contribution is 2.31. The summed E-state index contributed by atoms with van der Waals surface area (Å²) >= 11 is 0. The molecule has 5 nitrogen and oxygen atoms in total. The van der Waals surface area contributed by atoms with Gasteiger partial charge in [-0.1, -0.05) is 36.4 Å². The van der Waals surface area contributed by atoms with Gasteiger partial charge in [-0.3, -0.25) is 0 Å². The number of fused-ring (bicyclic) bond motifs is 3. The van der Waals surface area contributed by atoms with Gasteiger partial charge >= 0.3 is 0 Å². The number of hydrogen-bond donors (Lipinski definition) is 1. The molecule has 2 aliphatic rings. The number of para-hydroxylation sites is 1. The van der Waals surface area contributed by atoms with E-state index in [1.807, 2.05) is 38.1 Å². The van der Waals surface area contributed by atoms with E-state index in [0.717, 1.165) is 46.1 Å². The van der Waals surface area contributed by atoms with Gasteiger partial charge in [-0.15, -0.1) is 0 Å². The van der Waals surface area contributed by atoms with Crippen LogP contribution in [0, 0.1) is 5.92 Å². The lowest BCUT2D eigenvalue weighted by Crippen LogP contribution is -2.33. The van der Waals surface area contributed by atoms with Crippen LogP contribution in [0.3, 0.4) is 0 Å². The third-order valence-electron chi connectivity index (χ3n) is 5.72. The molecule has 3 atom stereocenters. The summed E-state index contributed by atoms with van der Waals surface area (Å²) in [6.45, 7) is 4.02. The van der Waals surface area contributed by atoms with Crippen LogP contribution in [0.15, 0.2) is 69.0 Å². The summed E-state index contributed by atoms with van der Waals surface area (Å²) in [5, 5.41) is 12.7. The molecule has 5 heteroatoms. The van der Waals surface area contributed by atoms with Gasteiger partial charge in [-0.25, -0.2) is 9.98 Å². The Morgan fingerprint density at radius 3 is 2.77 bits per heavy atom. The van der Waals surface area contributed by atoms with Crippen molar-refractivity contribution in [1.29, 1.82) is 0 Å². The van der Waals surface area contributed by atoms with Crippen molar-refractivity contribution in [2.24, 2.45) is 15.9 Å². The van der Waals surface area contributed by atoms with E-state index < -0.39 is 6.10 Å². The van der Waals surface area contributed by atoms with Crippen LogP contribution in [0.4, 0.5) is 0 Å². The molecule has 1 N–H and O–H groups in total. The second kappa shape index (κ2) is 7.82. The third-order valence-corrected chi connectivity index (χ3v) is 5.72. The SMILES string of the molecule is CC(C)OC1CC(c2ccc3c(c2)oc2ccccc23)=NC(C2C=CCCC2O)=N1. The highest BCUT2D eigenvalue weighted by Gasteiger charge is 2.29. The van der Waals surface area contributed by atoms with Gasteiger partial charge in [0.1, 0.15) is 17.0 Å². The van der Waals surface area contributed by atoms with Crippen LogP contribution in [-0.4, -0.2) is 35.1 Å². The first-order valence-electron chi connectivity index (χ1n) is 10.7. The van der Waals surface area contributed by atoms with Crippen LogP contribution < -0.4 is 0 Å². The van der Waals surface area contributed by atoms with Crippen molar-refractivity contribution in [3.05, 3.63) is 60.2 Å². The molecule has 0 amide bonds. The van der Waals surface area contributed by atoms with Gasteiger partial charge < -0.3 is 14.3 Å². The summed E-state index contributed by atoms with van der Waals surface area (Å²) in [7, 11) is 0. The van der Waals surface area contributed by atoms with Crippen molar-refractivity contribution in [3.63, 3.8) is 0 Å². The van der Waals surface area contributed by atoms with Crippen molar-refractivity contribution >= 4 is 33.5 Å². The summed E-state index contributed by atoms with van der Waals surface area (Å²) in [6, 6.07) is 14.3. The van der Waals surface area contributed by atoms with Crippen LogP contribution in [-0.2, 0) is 4.74 Å². The fourth-order valence-electron chi connectivity index (χ4n) is 4.29. The topological polar surface area (TPSA) is 67.3 Å². The quantitative estimate of drug-likeness (QED) is 0.606. The van der Waals surface area contributed by atoms with Crippen LogP contribution in [0.2, 0.25) is 0 Å². The Morgan fingerprint density at radius 1 is 1.10 bits per heavy atom. The summed E-state index contributed by atoms with van der Waals surface area (Å²) in [4.78, 5) is 9.62. The lowest BCUT2D eigenvalue weighted by Gasteiger charge is -2.28. The predicted octanol–water partition coefficient (Wildman–Crippen LogP) is 5.26. The van der Waals surface area contributed by atoms with E-state index in [-0.39, 0.29) is 18.2 Å². The summed E-state index contributed by atoms with van der Waals surface area (Å²) in [5.41, 5.74) is 3.65. The van der Waals surface area contributed by atoms with Gasteiger partial charge in [-0.05, 0) is 50.5 Å². The van der Waals surface area contributed by atoms with Gasteiger partial charge in [0.05, 0.1) is 23.8 Å². The average Bonchev–Trinajstić information content (AvgIpc) is 3.11. The number of aliphatic imine (C=N–C) groups is 2. The minimum Gasteiger partial charge on any atom is -0.456 e. The van der Waals surface area contributed by atoms with Crippen LogP contribution in [0.25, 0.3) is 21.9 Å². The first kappa shape index (κ1) is 19.2. The Balaban J connectivity index is 1.55. The molecule has 1 aliphatic carbocycles. The Hall–Kier alpha value is -2.76. The maximum atomic E-state index is 10.5. The van der Waals surface area contributed by atoms with Crippen LogP contribution >= 0.6 is 0 Å². The van der Waals surface area contributed by atoms with Crippen LogP contribution in [0.5, 0.6) is 0 Å². The minimum atomic E-state index is -0.464. The van der Waals surface area contributed by atoms with Crippen molar-refractivity contribution in [2.45, 2.75) is 51.5 Å². The molecule has 2 aromatic carbocycles. The number of amidine groups is 1. The molecule has 2 heterocycles. The third kappa shape index (κ3) is 3.59. The van der Waals surface area contributed by atoms with Crippen molar-refractivity contribution in [3.8, 4) is 0 Å². The Kier molecular flexibility index (Phi) is 5.01. The minimum absolute atomic E-state index is 0.0593. The standard InChI is InChI=1S/C25H26N2O3/c1-15(2)29-24-14-20(26-25(27-24)19-8-3-5-9-21(19)28)16-11-12-18-17-7-4-6-10-22(17)30-23(18)13-16/h3-4,6-8,10-13,15,19,21,24,28H,5,9,14H2,1-2H3. The molecule has 1 aliphatic heterocycles. The molecule has 5 rings (SSSR count). The van der Waals surface area contributed by atoms with Gasteiger partial charge in [0, 0.05) is 17.2 Å². The maximum absolute atomic E-state index is 10.5. The Morgan fingerprint density at radius 2 is 1.93 bits per heavy atom. The number of nitrogens with zero attached hydrogens (tertiary/aromatic N) is 2. The molecule has 0 bridgehead atoms. The molecule has 3 aromatic rings. The number of furan rings is 1. The summed E-state index contributed by atoms with van der Waals surface area (Å²) in [5.74, 6) is 0.456. The highest BCUT2D eigenvalue weighted by atomic mass is 16.5. The number of rotatable bonds is 4. The molecule has 0 radical (unpaired) electrons. The molecule has 3 unspecified atom stereocenters. The highest BCUT2D eigenvalue weighted by molar-refractivity contribution is 6.13. The van der Waals surface area contributed by atoms with E-state index in [1.165, 1.54) is 0 Å². The van der Waals surface area contributed by atoms with Crippen LogP contribution in [0.1, 0.15) is 38.7 Å². The van der Waals surface area contributed by atoms with E-state index >= 15 is 0 Å². The fraction of sp³-hybridized carbons (Fsp3) is 0.360. The monoisotopic (exact) mass is 402 g/mol. The second-order valence-electron chi connectivity index (χ2n) is 8.30. The predicted molar refractivity (Wildman–Crippen MR) is 120 cm³/mol. The van der Waals surface area contributed by atoms with Crippen molar-refractivity contribution in [1.82, 2.24) is 0 Å². The van der Waals surface area contributed by atoms with Gasteiger partial charge in [0.15, 0.2) is 6.23 Å². The van der Waals surface area contributed by atoms with E-state index in [1.54, 1.807) is 0 Å². The molecule has 30 heavy (non-hydrogen) atoms. The van der Waals surface area contributed by atoms with E-state index in [2.05, 4.69) is 30.3 Å². The van der Waals surface area contributed by atoms with E-state index in [0.29, 0.717) is 12.3 Å². The Labute approximate surface area is 175 Å². The molecule has 0 fully saturated rings. The maximum Gasteiger partial charge on any atom is 0.156 e. The molecular formula is C25H26N2O3. The summed E-state index contributed by atoms with van der Waals surface area (Å²) < 4.78 is 12.1. The molecule has 1 aromatic heterocycles. The van der Waals surface area contributed by atoms with E-state index in [4.69, 9.17) is 19.1 Å². The molecule has 0 saturated heterocycles. The van der Waals surface area contributed by atoms with Gasteiger partial charge in [-0.2, -0.15) is 0 Å². The lowest BCUT2D eigenvalue weighted by atomic mass is 9.91. The number of allylic oxidation sites excluding steroid dienone is 1. The number of ether oxygens (including phenoxy) is 1. The zero-order valence-corrected chi connectivity index (χ0v) is 17.3. The largest absolute Gasteiger partial charge is 0.456 e. The second-order valence-corrected chi connectivity index (χ2v) is 8.30. The number of aliphatic hydroxyl groups is 1. The molecular weight excluding hydrogens is 376 g/mol. The smallest absolute Gasteiger partial charge is 0.156 e. The lowest BCUT2D eigenvalue weighted by molar-refractivity contribution is 0.0164. The van der Waals surface area contributed by atoms with Crippen molar-refractivity contribution in [2.75, 3.05) is 0 Å². The molecule has 154 valence electrons. The first-order valence-corrected chi connectivity index (χ1v) is 10.7. The van der Waals surface area contributed by atoms with E-state index in [9.17, 15) is 5.11 Å². The van der Waals surface area contributed by atoms with Crippen molar-refractivity contribution < 1.29 is 14.3 Å². The first-order chi connectivity index (χ1) is 14.6. The zero-order chi connectivity index (χ0) is 20.7. The number of aliphatic hydroxyl groups excluding tert-OH is 1.